The Hall–Kier alpha value is -2.10. The zero-order chi connectivity index (χ0) is 13.2. The lowest BCUT2D eigenvalue weighted by atomic mass is 10.1. The van der Waals surface area contributed by atoms with E-state index in [9.17, 15) is 4.79 Å². The maximum Gasteiger partial charge on any atom is 0.335 e. The molecule has 4 nitrogen and oxygen atoms in total. The van der Waals surface area contributed by atoms with Gasteiger partial charge in [-0.05, 0) is 43.5 Å². The van der Waals surface area contributed by atoms with Gasteiger partial charge < -0.3 is 10.0 Å². The van der Waals surface area contributed by atoms with Crippen LogP contribution in [0.2, 0.25) is 0 Å². The molecule has 1 saturated heterocycles. The van der Waals surface area contributed by atoms with Gasteiger partial charge in [-0.15, -0.1) is 0 Å². The molecule has 2 heterocycles. The van der Waals surface area contributed by atoms with E-state index in [2.05, 4.69) is 9.88 Å². The number of aromatic nitrogens is 1. The van der Waals surface area contributed by atoms with Crippen LogP contribution in [0.3, 0.4) is 0 Å². The summed E-state index contributed by atoms with van der Waals surface area (Å²) in [4.78, 5) is 17.7. The Kier molecular flexibility index (Phi) is 3.07. The predicted molar refractivity (Wildman–Crippen MR) is 74.8 cm³/mol. The van der Waals surface area contributed by atoms with E-state index in [-0.39, 0.29) is 5.56 Å². The minimum Gasteiger partial charge on any atom is -0.478 e. The van der Waals surface area contributed by atoms with Crippen LogP contribution in [0.4, 0.5) is 5.69 Å². The number of hydrogen-bond acceptors (Lipinski definition) is 3. The number of carbonyl (C=O) groups is 1. The zero-order valence-electron chi connectivity index (χ0n) is 10.7. The van der Waals surface area contributed by atoms with Crippen LogP contribution in [0.1, 0.15) is 29.6 Å². The normalized spacial score (nSPS) is 15.7. The van der Waals surface area contributed by atoms with Crippen molar-refractivity contribution >= 4 is 22.6 Å². The van der Waals surface area contributed by atoms with Crippen molar-refractivity contribution in [2.24, 2.45) is 0 Å². The lowest BCUT2D eigenvalue weighted by molar-refractivity contribution is 0.0697. The molecule has 0 bridgehead atoms. The molecule has 0 aliphatic carbocycles. The molecule has 0 amide bonds. The number of fused-ring (bicyclic) bond motifs is 1. The Balaban J connectivity index is 2.07. The van der Waals surface area contributed by atoms with Crippen molar-refractivity contribution < 1.29 is 9.90 Å². The predicted octanol–water partition coefficient (Wildman–Crippen LogP) is 2.92. The minimum atomic E-state index is -0.910. The number of anilines is 1. The van der Waals surface area contributed by atoms with Gasteiger partial charge in [0.15, 0.2) is 0 Å². The van der Waals surface area contributed by atoms with Gasteiger partial charge in [0.1, 0.15) is 0 Å². The highest BCUT2D eigenvalue weighted by Gasteiger charge is 2.14. The fraction of sp³-hybridized carbons (Fsp3) is 0.333. The average Bonchev–Trinajstić information content (AvgIpc) is 2.47. The molecule has 0 saturated carbocycles. The van der Waals surface area contributed by atoms with Crippen LogP contribution in [0, 0.1) is 0 Å². The van der Waals surface area contributed by atoms with Crippen molar-refractivity contribution in [3.63, 3.8) is 0 Å². The van der Waals surface area contributed by atoms with Crippen molar-refractivity contribution in [1.29, 1.82) is 0 Å². The third-order valence-corrected chi connectivity index (χ3v) is 3.66. The first-order chi connectivity index (χ1) is 9.25. The summed E-state index contributed by atoms with van der Waals surface area (Å²) in [5.74, 6) is -0.910. The van der Waals surface area contributed by atoms with Gasteiger partial charge in [0.25, 0.3) is 0 Å². The van der Waals surface area contributed by atoms with Gasteiger partial charge >= 0.3 is 5.97 Å². The molecule has 0 atom stereocenters. The topological polar surface area (TPSA) is 53.4 Å². The summed E-state index contributed by atoms with van der Waals surface area (Å²) in [5, 5.41) is 10.1. The Morgan fingerprint density at radius 3 is 2.68 bits per heavy atom. The van der Waals surface area contributed by atoms with Crippen molar-refractivity contribution in [3.05, 3.63) is 36.0 Å². The third-order valence-electron chi connectivity index (χ3n) is 3.66. The lowest BCUT2D eigenvalue weighted by Crippen LogP contribution is -2.29. The number of pyridine rings is 1. The summed E-state index contributed by atoms with van der Waals surface area (Å²) in [5.41, 5.74) is 2.21. The molecule has 1 aliphatic rings. The average molecular weight is 256 g/mol. The SMILES string of the molecule is O=C(O)c1ccc2c(N3CCCCC3)ccnc2c1. The van der Waals surface area contributed by atoms with E-state index in [1.165, 1.54) is 24.9 Å². The molecule has 2 aromatic rings. The zero-order valence-corrected chi connectivity index (χ0v) is 10.7. The van der Waals surface area contributed by atoms with Crippen LogP contribution in [0.5, 0.6) is 0 Å². The quantitative estimate of drug-likeness (QED) is 0.897. The first-order valence-electron chi connectivity index (χ1n) is 6.63. The van der Waals surface area contributed by atoms with E-state index >= 15 is 0 Å². The Morgan fingerprint density at radius 1 is 1.16 bits per heavy atom. The largest absolute Gasteiger partial charge is 0.478 e. The van der Waals surface area contributed by atoms with Crippen molar-refractivity contribution in [2.75, 3.05) is 18.0 Å². The first-order valence-corrected chi connectivity index (χ1v) is 6.63. The Bertz CT molecular complexity index is 619. The van der Waals surface area contributed by atoms with Crippen LogP contribution in [0.15, 0.2) is 30.5 Å². The van der Waals surface area contributed by atoms with Gasteiger partial charge in [-0.25, -0.2) is 4.79 Å². The molecular weight excluding hydrogens is 240 g/mol. The molecule has 1 aliphatic heterocycles. The van der Waals surface area contributed by atoms with E-state index < -0.39 is 5.97 Å². The highest BCUT2D eigenvalue weighted by molar-refractivity contribution is 5.97. The molecule has 3 rings (SSSR count). The van der Waals surface area contributed by atoms with Crippen LogP contribution in [0.25, 0.3) is 10.9 Å². The Labute approximate surface area is 111 Å². The number of nitrogens with zero attached hydrogens (tertiary/aromatic N) is 2. The van der Waals surface area contributed by atoms with E-state index in [1.54, 1.807) is 18.3 Å². The molecular formula is C15H16N2O2. The summed E-state index contributed by atoms with van der Waals surface area (Å²) in [6.45, 7) is 2.14. The number of piperidine rings is 1. The summed E-state index contributed by atoms with van der Waals surface area (Å²) >= 11 is 0. The summed E-state index contributed by atoms with van der Waals surface area (Å²) < 4.78 is 0. The molecule has 98 valence electrons. The van der Waals surface area contributed by atoms with Crippen molar-refractivity contribution in [3.8, 4) is 0 Å². The maximum atomic E-state index is 11.0. The lowest BCUT2D eigenvalue weighted by Gasteiger charge is -2.29. The number of benzene rings is 1. The fourth-order valence-corrected chi connectivity index (χ4v) is 2.68. The van der Waals surface area contributed by atoms with E-state index in [4.69, 9.17) is 5.11 Å². The van der Waals surface area contributed by atoms with Gasteiger partial charge in [-0.3, -0.25) is 4.98 Å². The second-order valence-electron chi connectivity index (χ2n) is 4.91. The number of hydrogen-bond donors (Lipinski definition) is 1. The highest BCUT2D eigenvalue weighted by Crippen LogP contribution is 2.28. The maximum absolute atomic E-state index is 11.0. The monoisotopic (exact) mass is 256 g/mol. The number of aromatic carboxylic acids is 1. The van der Waals surface area contributed by atoms with E-state index in [0.29, 0.717) is 0 Å². The smallest absolute Gasteiger partial charge is 0.335 e. The number of carboxylic acid groups (broad SMARTS) is 1. The number of rotatable bonds is 2. The second-order valence-corrected chi connectivity index (χ2v) is 4.91. The summed E-state index contributed by atoms with van der Waals surface area (Å²) in [6.07, 6.45) is 5.49. The molecule has 0 radical (unpaired) electrons. The summed E-state index contributed by atoms with van der Waals surface area (Å²) in [6, 6.07) is 7.19. The fourth-order valence-electron chi connectivity index (χ4n) is 2.68. The third kappa shape index (κ3) is 2.26. The minimum absolute atomic E-state index is 0.288. The van der Waals surface area contributed by atoms with Gasteiger partial charge in [0.05, 0.1) is 11.1 Å². The van der Waals surface area contributed by atoms with E-state index in [1.807, 2.05) is 12.1 Å². The van der Waals surface area contributed by atoms with Crippen LogP contribution < -0.4 is 4.90 Å². The summed E-state index contributed by atoms with van der Waals surface area (Å²) in [7, 11) is 0. The highest BCUT2D eigenvalue weighted by atomic mass is 16.4. The van der Waals surface area contributed by atoms with Gasteiger partial charge in [-0.2, -0.15) is 0 Å². The van der Waals surface area contributed by atoms with Gasteiger partial charge in [0, 0.05) is 30.4 Å². The molecule has 1 aromatic heterocycles. The van der Waals surface area contributed by atoms with Gasteiger partial charge in [0.2, 0.25) is 0 Å². The van der Waals surface area contributed by atoms with Gasteiger partial charge in [-0.1, -0.05) is 0 Å². The van der Waals surface area contributed by atoms with Crippen LogP contribution in [-0.4, -0.2) is 29.1 Å². The Morgan fingerprint density at radius 2 is 1.95 bits per heavy atom. The molecule has 0 unspecified atom stereocenters. The molecule has 0 spiro atoms. The van der Waals surface area contributed by atoms with Crippen LogP contribution >= 0.6 is 0 Å². The standard InChI is InChI=1S/C15H16N2O2/c18-15(19)11-4-5-12-13(10-11)16-7-6-14(12)17-8-2-1-3-9-17/h4-7,10H,1-3,8-9H2,(H,18,19). The molecule has 1 N–H and O–H groups in total. The molecule has 1 aromatic carbocycles. The molecule has 4 heteroatoms. The number of carboxylic acids is 1. The first kappa shape index (κ1) is 12.0. The van der Waals surface area contributed by atoms with Crippen molar-refractivity contribution in [1.82, 2.24) is 4.98 Å². The second kappa shape index (κ2) is 4.88. The molecule has 19 heavy (non-hydrogen) atoms. The molecule has 1 fully saturated rings. The van der Waals surface area contributed by atoms with Crippen molar-refractivity contribution in [2.45, 2.75) is 19.3 Å². The van der Waals surface area contributed by atoms with Crippen LogP contribution in [-0.2, 0) is 0 Å². The van der Waals surface area contributed by atoms with E-state index in [0.717, 1.165) is 24.0 Å².